The first-order chi connectivity index (χ1) is 12.2. The molecule has 2 aromatic heterocycles. The van der Waals surface area contributed by atoms with Crippen molar-refractivity contribution >= 4 is 16.9 Å². The summed E-state index contributed by atoms with van der Waals surface area (Å²) < 4.78 is 4.80. The monoisotopic (exact) mass is 350 g/mol. The molecule has 0 aliphatic heterocycles. The zero-order valence-electron chi connectivity index (χ0n) is 16.4. The van der Waals surface area contributed by atoms with E-state index in [1.165, 1.54) is 34.9 Å². The second-order valence-electron chi connectivity index (χ2n) is 7.89. The fraction of sp³-hybridized carbons (Fsp3) is 0.364. The minimum Gasteiger partial charge on any atom is -0.464 e. The smallest absolute Gasteiger partial charge is 0.356 e. The first-order valence-electron chi connectivity index (χ1n) is 8.87. The number of hydrogen-bond acceptors (Lipinski definition) is 3. The lowest BCUT2D eigenvalue weighted by Crippen LogP contribution is -2.15. The number of aromatic nitrogens is 2. The Morgan fingerprint density at radius 3 is 2.50 bits per heavy atom. The van der Waals surface area contributed by atoms with Gasteiger partial charge in [0.15, 0.2) is 0 Å². The third-order valence-electron chi connectivity index (χ3n) is 4.83. The van der Waals surface area contributed by atoms with Crippen LogP contribution < -0.4 is 0 Å². The van der Waals surface area contributed by atoms with E-state index in [-0.39, 0.29) is 5.41 Å². The highest BCUT2D eigenvalue weighted by Gasteiger charge is 2.23. The molecule has 3 rings (SSSR count). The van der Waals surface area contributed by atoms with Crippen LogP contribution >= 0.6 is 0 Å². The van der Waals surface area contributed by atoms with Gasteiger partial charge in [0.2, 0.25) is 0 Å². The second kappa shape index (κ2) is 6.60. The number of carbonyl (C=O) groups is 1. The standard InChI is InChI=1S/C22H26N2O2/c1-13-10-16-17(12-15-8-7-9-18(23-15)21(25)26-6)20(22(3,4)5)24-19(16)11-14(13)2/h7-11,24H,12H2,1-6H3. The van der Waals surface area contributed by atoms with Gasteiger partial charge in [0, 0.05) is 34.1 Å². The van der Waals surface area contributed by atoms with Gasteiger partial charge in [-0.05, 0) is 54.8 Å². The number of nitrogens with zero attached hydrogens (tertiary/aromatic N) is 1. The van der Waals surface area contributed by atoms with Gasteiger partial charge in [-0.15, -0.1) is 0 Å². The summed E-state index contributed by atoms with van der Waals surface area (Å²) in [5.74, 6) is -0.409. The Morgan fingerprint density at radius 1 is 1.15 bits per heavy atom. The summed E-state index contributed by atoms with van der Waals surface area (Å²) in [4.78, 5) is 19.9. The normalized spacial score (nSPS) is 11.8. The number of ether oxygens (including phenoxy) is 1. The number of fused-ring (bicyclic) bond motifs is 1. The van der Waals surface area contributed by atoms with Crippen molar-refractivity contribution in [2.75, 3.05) is 7.11 Å². The number of esters is 1. The molecule has 1 aromatic carbocycles. The highest BCUT2D eigenvalue weighted by Crippen LogP contribution is 2.34. The summed E-state index contributed by atoms with van der Waals surface area (Å²) in [6.45, 7) is 10.9. The highest BCUT2D eigenvalue weighted by atomic mass is 16.5. The molecule has 0 fully saturated rings. The van der Waals surface area contributed by atoms with Crippen molar-refractivity contribution in [2.45, 2.75) is 46.5 Å². The average molecular weight is 350 g/mol. The van der Waals surface area contributed by atoms with Gasteiger partial charge in [-0.2, -0.15) is 0 Å². The molecule has 0 bridgehead atoms. The Labute approximate surface area is 154 Å². The van der Waals surface area contributed by atoms with E-state index in [0.717, 1.165) is 11.2 Å². The first kappa shape index (κ1) is 18.2. The summed E-state index contributed by atoms with van der Waals surface area (Å²) >= 11 is 0. The van der Waals surface area contributed by atoms with Crippen LogP contribution in [0, 0.1) is 13.8 Å². The number of aromatic amines is 1. The van der Waals surface area contributed by atoms with E-state index in [4.69, 9.17) is 4.74 Å². The first-order valence-corrected chi connectivity index (χ1v) is 8.87. The van der Waals surface area contributed by atoms with Gasteiger partial charge >= 0.3 is 5.97 Å². The predicted molar refractivity (Wildman–Crippen MR) is 105 cm³/mol. The molecule has 4 nitrogen and oxygen atoms in total. The Bertz CT molecular complexity index is 978. The lowest BCUT2D eigenvalue weighted by Gasteiger charge is -2.19. The Morgan fingerprint density at radius 2 is 1.85 bits per heavy atom. The summed E-state index contributed by atoms with van der Waals surface area (Å²) in [6.07, 6.45) is 0.667. The van der Waals surface area contributed by atoms with Crippen LogP contribution in [-0.4, -0.2) is 23.0 Å². The Hall–Kier alpha value is -2.62. The van der Waals surface area contributed by atoms with Gasteiger partial charge in [-0.1, -0.05) is 26.8 Å². The number of hydrogen-bond donors (Lipinski definition) is 1. The van der Waals surface area contributed by atoms with Crippen LogP contribution in [0.3, 0.4) is 0 Å². The van der Waals surface area contributed by atoms with Crippen LogP contribution in [0.25, 0.3) is 10.9 Å². The zero-order valence-corrected chi connectivity index (χ0v) is 16.4. The van der Waals surface area contributed by atoms with Crippen molar-refractivity contribution in [1.82, 2.24) is 9.97 Å². The number of H-pyrrole nitrogens is 1. The molecule has 0 radical (unpaired) electrons. The fourth-order valence-electron chi connectivity index (χ4n) is 3.32. The number of benzene rings is 1. The topological polar surface area (TPSA) is 55.0 Å². The van der Waals surface area contributed by atoms with E-state index in [9.17, 15) is 4.79 Å². The third kappa shape index (κ3) is 3.36. The van der Waals surface area contributed by atoms with Gasteiger partial charge in [0.05, 0.1) is 7.11 Å². The van der Waals surface area contributed by atoms with Gasteiger partial charge in [0.25, 0.3) is 0 Å². The molecule has 0 saturated heterocycles. The van der Waals surface area contributed by atoms with E-state index in [2.05, 4.69) is 56.7 Å². The molecular formula is C22H26N2O2. The largest absolute Gasteiger partial charge is 0.464 e. The van der Waals surface area contributed by atoms with Crippen molar-refractivity contribution < 1.29 is 9.53 Å². The van der Waals surface area contributed by atoms with E-state index in [1.54, 1.807) is 6.07 Å². The second-order valence-corrected chi connectivity index (χ2v) is 7.89. The number of methoxy groups -OCH3 is 1. The molecule has 2 heterocycles. The number of pyridine rings is 1. The van der Waals surface area contributed by atoms with Gasteiger partial charge in [0.1, 0.15) is 5.69 Å². The molecule has 0 aliphatic carbocycles. The summed E-state index contributed by atoms with van der Waals surface area (Å²) in [6, 6.07) is 9.95. The van der Waals surface area contributed by atoms with Crippen LogP contribution in [0.4, 0.5) is 0 Å². The maximum atomic E-state index is 11.8. The predicted octanol–water partition coefficient (Wildman–Crippen LogP) is 4.85. The van der Waals surface area contributed by atoms with Crippen LogP contribution in [0.1, 0.15) is 59.3 Å². The molecule has 0 atom stereocenters. The molecule has 0 aliphatic rings. The third-order valence-corrected chi connectivity index (χ3v) is 4.83. The minimum atomic E-state index is -0.409. The van der Waals surface area contributed by atoms with Gasteiger partial charge in [-0.3, -0.25) is 0 Å². The molecular weight excluding hydrogens is 324 g/mol. The van der Waals surface area contributed by atoms with Crippen LogP contribution in [0.2, 0.25) is 0 Å². The van der Waals surface area contributed by atoms with E-state index in [1.807, 2.05) is 12.1 Å². The average Bonchev–Trinajstić information content (AvgIpc) is 2.93. The molecule has 26 heavy (non-hydrogen) atoms. The Kier molecular flexibility index (Phi) is 4.61. The van der Waals surface area contributed by atoms with Crippen LogP contribution in [-0.2, 0) is 16.6 Å². The molecule has 0 unspecified atom stereocenters. The lowest BCUT2D eigenvalue weighted by atomic mass is 9.87. The van der Waals surface area contributed by atoms with E-state index in [0.29, 0.717) is 12.1 Å². The van der Waals surface area contributed by atoms with Gasteiger partial charge in [-0.25, -0.2) is 9.78 Å². The minimum absolute atomic E-state index is 0.0177. The SMILES string of the molecule is COC(=O)c1cccc(Cc2c(C(C)(C)C)[nH]c3cc(C)c(C)cc23)n1. The van der Waals surface area contributed by atoms with E-state index < -0.39 is 5.97 Å². The van der Waals surface area contributed by atoms with Crippen molar-refractivity contribution in [2.24, 2.45) is 0 Å². The van der Waals surface area contributed by atoms with Crippen LogP contribution in [0.15, 0.2) is 30.3 Å². The number of aryl methyl sites for hydroxylation is 2. The zero-order chi connectivity index (χ0) is 19.1. The molecule has 136 valence electrons. The Balaban J connectivity index is 2.14. The molecule has 0 spiro atoms. The summed E-state index contributed by atoms with van der Waals surface area (Å²) in [5.41, 5.74) is 7.33. The summed E-state index contributed by atoms with van der Waals surface area (Å²) in [5, 5.41) is 1.23. The van der Waals surface area contributed by atoms with Crippen molar-refractivity contribution in [3.63, 3.8) is 0 Å². The lowest BCUT2D eigenvalue weighted by molar-refractivity contribution is 0.0593. The van der Waals surface area contributed by atoms with Gasteiger partial charge < -0.3 is 9.72 Å². The molecule has 0 saturated carbocycles. The maximum Gasteiger partial charge on any atom is 0.356 e. The van der Waals surface area contributed by atoms with Crippen LogP contribution in [0.5, 0.6) is 0 Å². The highest BCUT2D eigenvalue weighted by molar-refractivity contribution is 5.88. The van der Waals surface area contributed by atoms with Crippen molar-refractivity contribution in [3.8, 4) is 0 Å². The van der Waals surface area contributed by atoms with Crippen molar-refractivity contribution in [3.05, 3.63) is 64.1 Å². The number of rotatable bonds is 3. The number of nitrogens with one attached hydrogen (secondary N) is 1. The fourth-order valence-corrected chi connectivity index (χ4v) is 3.32. The molecule has 1 N–H and O–H groups in total. The number of carbonyl (C=O) groups excluding carboxylic acids is 1. The molecule has 4 heteroatoms. The summed E-state index contributed by atoms with van der Waals surface area (Å²) in [7, 11) is 1.37. The maximum absolute atomic E-state index is 11.8. The van der Waals surface area contributed by atoms with Crippen molar-refractivity contribution in [1.29, 1.82) is 0 Å². The van der Waals surface area contributed by atoms with E-state index >= 15 is 0 Å². The molecule has 3 aromatic rings. The quantitative estimate of drug-likeness (QED) is 0.687. The molecule has 0 amide bonds.